The molecule has 6 rings (SSSR count). The van der Waals surface area contributed by atoms with E-state index in [0.29, 0.717) is 11.4 Å². The first kappa shape index (κ1) is 23.8. The predicted octanol–water partition coefficient (Wildman–Crippen LogP) is 7.20. The molecule has 0 saturated carbocycles. The highest BCUT2D eigenvalue weighted by Gasteiger charge is 2.36. The lowest BCUT2D eigenvalue weighted by Crippen LogP contribution is -2.38. The zero-order valence-electron chi connectivity index (χ0n) is 19.4. The first-order valence-corrected chi connectivity index (χ1v) is 13.1. The van der Waals surface area contributed by atoms with Gasteiger partial charge >= 0.3 is 6.18 Å². The summed E-state index contributed by atoms with van der Waals surface area (Å²) in [5, 5.41) is 7.43. The molecule has 0 spiro atoms. The molecule has 0 saturated heterocycles. The standard InChI is InChI=1S/C26H23ClF3N3O2S/c1-13(26(28,29)30)32-12-16-11-21-25(36-16)17(6-7-31-21)19-10-15(27)8-14-9-22(34-23(14)19)24-18-4-2-3-5-20(18)33-35-24/h6-8,10-11,13,22,32H,2-5,9,12H2,1H3/t13?,22-/m1/s1. The molecule has 0 fully saturated rings. The van der Waals surface area contributed by atoms with Gasteiger partial charge in [-0.3, -0.25) is 4.98 Å². The van der Waals surface area contributed by atoms with Gasteiger partial charge in [-0.05, 0) is 56.9 Å². The van der Waals surface area contributed by atoms with Crippen LogP contribution >= 0.6 is 22.9 Å². The second-order valence-corrected chi connectivity index (χ2v) is 10.9. The molecule has 188 valence electrons. The largest absolute Gasteiger partial charge is 0.481 e. The molecule has 10 heteroatoms. The van der Waals surface area contributed by atoms with Crippen LogP contribution in [0.3, 0.4) is 0 Å². The van der Waals surface area contributed by atoms with Crippen molar-refractivity contribution >= 4 is 33.2 Å². The van der Waals surface area contributed by atoms with Crippen molar-refractivity contribution < 1.29 is 22.4 Å². The number of nitrogens with one attached hydrogen (secondary N) is 1. The van der Waals surface area contributed by atoms with Crippen molar-refractivity contribution in [3.63, 3.8) is 0 Å². The fourth-order valence-electron chi connectivity index (χ4n) is 4.99. The maximum Gasteiger partial charge on any atom is 0.403 e. The third kappa shape index (κ3) is 4.27. The van der Waals surface area contributed by atoms with Gasteiger partial charge in [0, 0.05) is 51.3 Å². The summed E-state index contributed by atoms with van der Waals surface area (Å²) in [4.78, 5) is 5.22. The maximum atomic E-state index is 12.9. The highest BCUT2D eigenvalue weighted by Crippen LogP contribution is 2.48. The lowest BCUT2D eigenvalue weighted by Gasteiger charge is -2.16. The van der Waals surface area contributed by atoms with Crippen molar-refractivity contribution in [3.05, 3.63) is 62.9 Å². The molecule has 0 bridgehead atoms. The van der Waals surface area contributed by atoms with Crippen LogP contribution in [0, 0.1) is 0 Å². The van der Waals surface area contributed by atoms with E-state index in [1.165, 1.54) is 16.9 Å². The van der Waals surface area contributed by atoms with Crippen LogP contribution in [0.2, 0.25) is 5.02 Å². The Morgan fingerprint density at radius 1 is 1.19 bits per heavy atom. The van der Waals surface area contributed by atoms with Gasteiger partial charge in [0.1, 0.15) is 11.8 Å². The molecule has 2 aliphatic rings. The van der Waals surface area contributed by atoms with Crippen molar-refractivity contribution in [1.29, 1.82) is 0 Å². The number of aryl methyl sites for hydroxylation is 1. The molecule has 0 amide bonds. The number of hydrogen-bond donors (Lipinski definition) is 1. The first-order valence-electron chi connectivity index (χ1n) is 11.9. The number of pyridine rings is 1. The highest BCUT2D eigenvalue weighted by atomic mass is 35.5. The lowest BCUT2D eigenvalue weighted by atomic mass is 9.93. The van der Waals surface area contributed by atoms with E-state index >= 15 is 0 Å². The fraction of sp³-hybridized carbons (Fsp3) is 0.385. The Balaban J connectivity index is 1.34. The topological polar surface area (TPSA) is 60.2 Å². The molecule has 4 aromatic rings. The van der Waals surface area contributed by atoms with Crippen molar-refractivity contribution in [2.75, 3.05) is 0 Å². The van der Waals surface area contributed by atoms with E-state index in [4.69, 9.17) is 20.9 Å². The smallest absolute Gasteiger partial charge is 0.403 e. The molecule has 0 radical (unpaired) electrons. The maximum absolute atomic E-state index is 12.9. The average molecular weight is 534 g/mol. The lowest BCUT2D eigenvalue weighted by molar-refractivity contribution is -0.151. The van der Waals surface area contributed by atoms with Crippen LogP contribution in [0.1, 0.15) is 53.3 Å². The monoisotopic (exact) mass is 533 g/mol. The number of nitrogens with zero attached hydrogens (tertiary/aromatic N) is 2. The molecule has 2 atom stereocenters. The van der Waals surface area contributed by atoms with Crippen molar-refractivity contribution in [1.82, 2.24) is 15.5 Å². The number of rotatable bonds is 5. The van der Waals surface area contributed by atoms with Gasteiger partial charge in [0.2, 0.25) is 0 Å². The first-order chi connectivity index (χ1) is 17.3. The molecule has 1 aliphatic carbocycles. The Kier molecular flexibility index (Phi) is 5.97. The summed E-state index contributed by atoms with van der Waals surface area (Å²) >= 11 is 7.95. The minimum absolute atomic E-state index is 0.101. The van der Waals surface area contributed by atoms with Crippen LogP contribution in [-0.2, 0) is 25.8 Å². The molecular weight excluding hydrogens is 511 g/mol. The van der Waals surface area contributed by atoms with Gasteiger partial charge < -0.3 is 14.6 Å². The zero-order chi connectivity index (χ0) is 25.0. The number of ether oxygens (including phenoxy) is 1. The van der Waals surface area contributed by atoms with Crippen molar-refractivity contribution in [2.24, 2.45) is 0 Å². The van der Waals surface area contributed by atoms with Crippen LogP contribution in [0.25, 0.3) is 21.3 Å². The Bertz CT molecular complexity index is 1450. The van der Waals surface area contributed by atoms with E-state index in [1.807, 2.05) is 24.3 Å². The zero-order valence-corrected chi connectivity index (χ0v) is 21.0. The molecule has 5 nitrogen and oxygen atoms in total. The molecule has 1 unspecified atom stereocenters. The number of hydrogen-bond acceptors (Lipinski definition) is 6. The average Bonchev–Trinajstić information content (AvgIpc) is 3.56. The summed E-state index contributed by atoms with van der Waals surface area (Å²) in [6.45, 7) is 1.22. The van der Waals surface area contributed by atoms with Gasteiger partial charge in [0.05, 0.1) is 15.9 Å². The normalized spacial score (nSPS) is 18.2. The number of halogens is 4. The summed E-state index contributed by atoms with van der Waals surface area (Å²) < 4.78 is 51.9. The molecule has 3 aromatic heterocycles. The van der Waals surface area contributed by atoms with Gasteiger partial charge in [-0.2, -0.15) is 13.2 Å². The Morgan fingerprint density at radius 3 is 2.86 bits per heavy atom. The van der Waals surface area contributed by atoms with Crippen LogP contribution in [0.4, 0.5) is 13.2 Å². The minimum atomic E-state index is -4.29. The van der Waals surface area contributed by atoms with Crippen molar-refractivity contribution in [2.45, 2.75) is 63.9 Å². The summed E-state index contributed by atoms with van der Waals surface area (Å²) in [6, 6.07) is 5.92. The van der Waals surface area contributed by atoms with Crippen LogP contribution in [0.15, 0.2) is 35.0 Å². The van der Waals surface area contributed by atoms with Gasteiger partial charge in [0.15, 0.2) is 11.9 Å². The Labute approximate surface area is 214 Å². The van der Waals surface area contributed by atoms with Crippen molar-refractivity contribution in [3.8, 4) is 16.9 Å². The predicted molar refractivity (Wildman–Crippen MR) is 133 cm³/mol. The van der Waals surface area contributed by atoms with E-state index in [1.54, 1.807) is 6.20 Å². The molecule has 1 N–H and O–H groups in total. The fourth-order valence-corrected chi connectivity index (χ4v) is 6.33. The second-order valence-electron chi connectivity index (χ2n) is 9.36. The molecule has 1 aromatic carbocycles. The number of benzene rings is 1. The summed E-state index contributed by atoms with van der Waals surface area (Å²) in [5.41, 5.74) is 5.64. The summed E-state index contributed by atoms with van der Waals surface area (Å²) in [7, 11) is 0. The van der Waals surface area contributed by atoms with Gasteiger partial charge in [-0.1, -0.05) is 16.8 Å². The van der Waals surface area contributed by atoms with Crippen LogP contribution in [-0.4, -0.2) is 22.4 Å². The third-order valence-corrected chi connectivity index (χ3v) is 8.28. The Morgan fingerprint density at radius 2 is 2.03 bits per heavy atom. The van der Waals surface area contributed by atoms with Gasteiger partial charge in [-0.25, -0.2) is 0 Å². The number of fused-ring (bicyclic) bond motifs is 3. The molecular formula is C26H23ClF3N3O2S. The third-order valence-electron chi connectivity index (χ3n) is 6.91. The highest BCUT2D eigenvalue weighted by molar-refractivity contribution is 7.19. The van der Waals surface area contributed by atoms with E-state index in [0.717, 1.165) is 81.6 Å². The Hall–Kier alpha value is -2.62. The van der Waals surface area contributed by atoms with E-state index in [9.17, 15) is 13.2 Å². The SMILES string of the molecule is CC(NCc1cc2nccc(-c3cc(Cl)cc4c3O[C@@H](c3onc5c3CCCC5)C4)c2s1)C(F)(F)F. The number of aromatic nitrogens is 2. The number of thiophene rings is 1. The quantitative estimate of drug-likeness (QED) is 0.294. The number of alkyl halides is 3. The van der Waals surface area contributed by atoms with E-state index < -0.39 is 12.2 Å². The minimum Gasteiger partial charge on any atom is -0.481 e. The molecule has 36 heavy (non-hydrogen) atoms. The molecule has 4 heterocycles. The van der Waals surface area contributed by atoms with Gasteiger partial charge in [0.25, 0.3) is 0 Å². The summed E-state index contributed by atoms with van der Waals surface area (Å²) in [5.74, 6) is 1.54. The van der Waals surface area contributed by atoms with E-state index in [2.05, 4.69) is 15.5 Å². The van der Waals surface area contributed by atoms with Crippen LogP contribution < -0.4 is 10.1 Å². The summed E-state index contributed by atoms with van der Waals surface area (Å²) in [6.07, 6.45) is 1.89. The molecule has 1 aliphatic heterocycles. The van der Waals surface area contributed by atoms with E-state index in [-0.39, 0.29) is 12.6 Å². The van der Waals surface area contributed by atoms with Crippen LogP contribution in [0.5, 0.6) is 5.75 Å². The second kappa shape index (κ2) is 9.04. The van der Waals surface area contributed by atoms with Gasteiger partial charge in [-0.15, -0.1) is 11.3 Å².